The molecule has 0 amide bonds. The first-order chi connectivity index (χ1) is 9.27. The highest BCUT2D eigenvalue weighted by molar-refractivity contribution is 7.80. The van der Waals surface area contributed by atoms with E-state index in [9.17, 15) is 0 Å². The third-order valence-corrected chi connectivity index (χ3v) is 4.70. The summed E-state index contributed by atoms with van der Waals surface area (Å²) in [5, 5.41) is 0. The smallest absolute Gasteiger partial charge is 0.0195 e. The van der Waals surface area contributed by atoms with E-state index in [0.29, 0.717) is 0 Å². The molecule has 1 unspecified atom stereocenters. The standard InChI is InChI=1S/C16H34N2S/c1-3-18-13-12-17(15-16(18)2)11-9-7-5-4-6-8-10-14-19/h16,19H,3-15H2,1-2H3. The van der Waals surface area contributed by atoms with E-state index in [2.05, 4.69) is 36.3 Å². The number of hydrogen-bond acceptors (Lipinski definition) is 3. The summed E-state index contributed by atoms with van der Waals surface area (Å²) >= 11 is 4.25. The molecule has 0 aromatic rings. The Morgan fingerprint density at radius 1 is 0.947 bits per heavy atom. The third-order valence-electron chi connectivity index (χ3n) is 4.39. The van der Waals surface area contributed by atoms with Crippen molar-refractivity contribution in [2.24, 2.45) is 0 Å². The van der Waals surface area contributed by atoms with Crippen molar-refractivity contribution in [3.8, 4) is 0 Å². The van der Waals surface area contributed by atoms with E-state index >= 15 is 0 Å². The van der Waals surface area contributed by atoms with Crippen LogP contribution in [0.15, 0.2) is 0 Å². The van der Waals surface area contributed by atoms with Gasteiger partial charge in [0.15, 0.2) is 0 Å². The Balaban J connectivity index is 1.93. The molecule has 0 spiro atoms. The fourth-order valence-electron chi connectivity index (χ4n) is 3.07. The first-order valence-corrected chi connectivity index (χ1v) is 8.98. The average molecular weight is 287 g/mol. The minimum absolute atomic E-state index is 0.750. The summed E-state index contributed by atoms with van der Waals surface area (Å²) in [6, 6.07) is 0.750. The molecule has 0 aliphatic carbocycles. The Bertz CT molecular complexity index is 211. The quantitative estimate of drug-likeness (QED) is 0.483. The van der Waals surface area contributed by atoms with Gasteiger partial charge in [-0.1, -0.05) is 39.0 Å². The van der Waals surface area contributed by atoms with E-state index in [1.165, 1.54) is 77.7 Å². The Morgan fingerprint density at radius 2 is 1.58 bits per heavy atom. The monoisotopic (exact) mass is 286 g/mol. The summed E-state index contributed by atoms with van der Waals surface area (Å²) in [7, 11) is 0. The number of likely N-dealkylation sites (N-methyl/N-ethyl adjacent to an activating group) is 1. The van der Waals surface area contributed by atoms with Crippen molar-refractivity contribution < 1.29 is 0 Å². The highest BCUT2D eigenvalue weighted by Crippen LogP contribution is 2.12. The second kappa shape index (κ2) is 11.0. The van der Waals surface area contributed by atoms with Crippen LogP contribution in [-0.2, 0) is 0 Å². The van der Waals surface area contributed by atoms with Gasteiger partial charge in [-0.2, -0.15) is 12.6 Å². The zero-order chi connectivity index (χ0) is 13.9. The maximum atomic E-state index is 4.25. The van der Waals surface area contributed by atoms with Crippen LogP contribution in [0.3, 0.4) is 0 Å². The molecule has 114 valence electrons. The van der Waals surface area contributed by atoms with Gasteiger partial charge in [0.25, 0.3) is 0 Å². The zero-order valence-corrected chi connectivity index (χ0v) is 14.0. The van der Waals surface area contributed by atoms with Crippen LogP contribution in [0.5, 0.6) is 0 Å². The van der Waals surface area contributed by atoms with Gasteiger partial charge in [0.05, 0.1) is 0 Å². The summed E-state index contributed by atoms with van der Waals surface area (Å²) in [5.74, 6) is 1.06. The normalized spacial score (nSPS) is 21.9. The topological polar surface area (TPSA) is 6.48 Å². The summed E-state index contributed by atoms with van der Waals surface area (Å²) in [4.78, 5) is 5.26. The highest BCUT2D eigenvalue weighted by atomic mass is 32.1. The molecule has 0 aromatic heterocycles. The van der Waals surface area contributed by atoms with Gasteiger partial charge in [0.2, 0.25) is 0 Å². The van der Waals surface area contributed by atoms with E-state index in [1.54, 1.807) is 0 Å². The predicted molar refractivity (Wildman–Crippen MR) is 89.3 cm³/mol. The van der Waals surface area contributed by atoms with E-state index in [-0.39, 0.29) is 0 Å². The maximum absolute atomic E-state index is 4.25. The third kappa shape index (κ3) is 7.57. The molecule has 0 radical (unpaired) electrons. The summed E-state index contributed by atoms with van der Waals surface area (Å²) in [6.07, 6.45) is 9.75. The second-order valence-corrected chi connectivity index (χ2v) is 6.42. The van der Waals surface area contributed by atoms with Crippen LogP contribution < -0.4 is 0 Å². The van der Waals surface area contributed by atoms with Gasteiger partial charge in [-0.25, -0.2) is 0 Å². The zero-order valence-electron chi connectivity index (χ0n) is 13.1. The van der Waals surface area contributed by atoms with Crippen molar-refractivity contribution in [1.29, 1.82) is 0 Å². The van der Waals surface area contributed by atoms with E-state index in [4.69, 9.17) is 0 Å². The summed E-state index contributed by atoms with van der Waals surface area (Å²) in [5.41, 5.74) is 0. The number of rotatable bonds is 10. The molecule has 0 N–H and O–H groups in total. The lowest BCUT2D eigenvalue weighted by molar-refractivity contribution is 0.0869. The largest absolute Gasteiger partial charge is 0.301 e. The Hall–Kier alpha value is 0.270. The highest BCUT2D eigenvalue weighted by Gasteiger charge is 2.21. The van der Waals surface area contributed by atoms with Gasteiger partial charge in [-0.3, -0.25) is 4.90 Å². The Kier molecular flexibility index (Phi) is 10.0. The van der Waals surface area contributed by atoms with Crippen LogP contribution >= 0.6 is 12.6 Å². The van der Waals surface area contributed by atoms with Crippen LogP contribution in [0.2, 0.25) is 0 Å². The number of nitrogens with zero attached hydrogens (tertiary/aromatic N) is 2. The number of hydrogen-bond donors (Lipinski definition) is 1. The molecular weight excluding hydrogens is 252 g/mol. The van der Waals surface area contributed by atoms with Crippen LogP contribution in [0.25, 0.3) is 0 Å². The fourth-order valence-corrected chi connectivity index (χ4v) is 3.30. The minimum atomic E-state index is 0.750. The molecule has 19 heavy (non-hydrogen) atoms. The first kappa shape index (κ1) is 17.3. The molecule has 1 heterocycles. The Morgan fingerprint density at radius 3 is 2.16 bits per heavy atom. The first-order valence-electron chi connectivity index (χ1n) is 8.35. The number of thiol groups is 1. The molecule has 3 heteroatoms. The van der Waals surface area contributed by atoms with Crippen molar-refractivity contribution in [2.75, 3.05) is 38.5 Å². The summed E-state index contributed by atoms with van der Waals surface area (Å²) < 4.78 is 0. The lowest BCUT2D eigenvalue weighted by Gasteiger charge is -2.39. The van der Waals surface area contributed by atoms with E-state index in [0.717, 1.165) is 11.8 Å². The molecular formula is C16H34N2S. The maximum Gasteiger partial charge on any atom is 0.0195 e. The van der Waals surface area contributed by atoms with E-state index < -0.39 is 0 Å². The average Bonchev–Trinajstić information content (AvgIpc) is 2.42. The molecule has 2 nitrogen and oxygen atoms in total. The molecule has 0 bridgehead atoms. The lowest BCUT2D eigenvalue weighted by Crippen LogP contribution is -2.51. The van der Waals surface area contributed by atoms with Crippen molar-refractivity contribution >= 4 is 12.6 Å². The molecule has 0 aromatic carbocycles. The van der Waals surface area contributed by atoms with Gasteiger partial charge in [-0.15, -0.1) is 0 Å². The molecule has 1 saturated heterocycles. The molecule has 1 atom stereocenters. The van der Waals surface area contributed by atoms with Crippen molar-refractivity contribution in [1.82, 2.24) is 9.80 Å². The predicted octanol–water partition coefficient (Wildman–Crippen LogP) is 3.67. The van der Waals surface area contributed by atoms with Crippen LogP contribution in [0.1, 0.15) is 58.8 Å². The molecule has 0 saturated carbocycles. The number of piperazine rings is 1. The van der Waals surface area contributed by atoms with Gasteiger partial charge >= 0.3 is 0 Å². The molecule has 1 fully saturated rings. The Labute approximate surface area is 126 Å². The van der Waals surface area contributed by atoms with Crippen LogP contribution in [-0.4, -0.2) is 54.3 Å². The van der Waals surface area contributed by atoms with Crippen LogP contribution in [0.4, 0.5) is 0 Å². The minimum Gasteiger partial charge on any atom is -0.301 e. The fraction of sp³-hybridized carbons (Fsp3) is 1.00. The molecule has 1 aliphatic heterocycles. The second-order valence-electron chi connectivity index (χ2n) is 5.98. The van der Waals surface area contributed by atoms with Gasteiger partial charge in [0.1, 0.15) is 0 Å². The van der Waals surface area contributed by atoms with Gasteiger partial charge < -0.3 is 4.90 Å². The van der Waals surface area contributed by atoms with Crippen LogP contribution in [0, 0.1) is 0 Å². The van der Waals surface area contributed by atoms with Gasteiger partial charge in [-0.05, 0) is 38.6 Å². The van der Waals surface area contributed by atoms with Crippen molar-refractivity contribution in [2.45, 2.75) is 64.8 Å². The molecule has 1 rings (SSSR count). The van der Waals surface area contributed by atoms with Crippen molar-refractivity contribution in [3.05, 3.63) is 0 Å². The van der Waals surface area contributed by atoms with Gasteiger partial charge in [0, 0.05) is 25.7 Å². The number of unbranched alkanes of at least 4 members (excludes halogenated alkanes) is 6. The van der Waals surface area contributed by atoms with Crippen molar-refractivity contribution in [3.63, 3.8) is 0 Å². The summed E-state index contributed by atoms with van der Waals surface area (Å²) in [6.45, 7) is 11.0. The molecule has 1 aliphatic rings. The SMILES string of the molecule is CCN1CCN(CCCCCCCCCS)CC1C. The lowest BCUT2D eigenvalue weighted by atomic mass is 10.1. The van der Waals surface area contributed by atoms with E-state index in [1.807, 2.05) is 0 Å².